The van der Waals surface area contributed by atoms with Gasteiger partial charge < -0.3 is 9.64 Å². The van der Waals surface area contributed by atoms with Crippen molar-refractivity contribution in [2.75, 3.05) is 7.05 Å². The molecule has 32 heavy (non-hydrogen) atoms. The van der Waals surface area contributed by atoms with Crippen LogP contribution in [-0.4, -0.2) is 46.8 Å². The van der Waals surface area contributed by atoms with Gasteiger partial charge in [0.1, 0.15) is 6.61 Å². The van der Waals surface area contributed by atoms with E-state index in [1.165, 1.54) is 4.90 Å². The van der Waals surface area contributed by atoms with Crippen LogP contribution < -0.4 is 0 Å². The quantitative estimate of drug-likeness (QED) is 0.660. The molecule has 2 aromatic rings. The fourth-order valence-electron chi connectivity index (χ4n) is 5.64. The summed E-state index contributed by atoms with van der Waals surface area (Å²) in [6.07, 6.45) is 5.31. The summed E-state index contributed by atoms with van der Waals surface area (Å²) in [5.41, 5.74) is 2.21. The minimum absolute atomic E-state index is 0.00693. The molecule has 2 saturated carbocycles. The zero-order chi connectivity index (χ0) is 22.3. The Morgan fingerprint density at radius 3 is 2.12 bits per heavy atom. The predicted molar refractivity (Wildman–Crippen MR) is 119 cm³/mol. The Morgan fingerprint density at radius 1 is 0.969 bits per heavy atom. The number of carbonyl (C=O) groups excluding carboxylic acids is 3. The highest BCUT2D eigenvalue weighted by Gasteiger charge is 2.53. The second-order valence-electron chi connectivity index (χ2n) is 9.47. The summed E-state index contributed by atoms with van der Waals surface area (Å²) in [4.78, 5) is 41.2. The maximum atomic E-state index is 12.7. The summed E-state index contributed by atoms with van der Waals surface area (Å²) < 4.78 is 5.48. The van der Waals surface area contributed by atoms with Crippen molar-refractivity contribution in [3.8, 4) is 0 Å². The van der Waals surface area contributed by atoms with Gasteiger partial charge in [-0.3, -0.25) is 14.5 Å². The molecule has 0 saturated heterocycles. The summed E-state index contributed by atoms with van der Waals surface area (Å²) >= 11 is 0. The van der Waals surface area contributed by atoms with Gasteiger partial charge in [-0.05, 0) is 61.6 Å². The molecule has 1 spiro atoms. The van der Waals surface area contributed by atoms with Crippen LogP contribution in [0, 0.1) is 5.41 Å². The molecule has 166 valence electrons. The van der Waals surface area contributed by atoms with Crippen molar-refractivity contribution in [1.82, 2.24) is 9.80 Å². The molecule has 0 bridgehead atoms. The molecule has 6 nitrogen and oxygen atoms in total. The Labute approximate surface area is 188 Å². The minimum atomic E-state index is -0.285. The molecule has 2 fully saturated rings. The lowest BCUT2D eigenvalue weighted by molar-refractivity contribution is -0.0240. The predicted octanol–water partition coefficient (Wildman–Crippen LogP) is 4.64. The van der Waals surface area contributed by atoms with Crippen molar-refractivity contribution < 1.29 is 19.1 Å². The van der Waals surface area contributed by atoms with E-state index in [0.29, 0.717) is 11.1 Å². The van der Waals surface area contributed by atoms with Gasteiger partial charge in [0, 0.05) is 19.1 Å². The van der Waals surface area contributed by atoms with E-state index >= 15 is 0 Å². The SMILES string of the molecule is CN(C(=O)OCc1ccccc1)[C@H]1CCC2(CC1)C[C@H](N1C(=O)c3ccccc3C1=O)C2. The van der Waals surface area contributed by atoms with E-state index in [-0.39, 0.29) is 42.0 Å². The zero-order valence-electron chi connectivity index (χ0n) is 18.3. The highest BCUT2D eigenvalue weighted by Crippen LogP contribution is 2.54. The third-order valence-corrected chi connectivity index (χ3v) is 7.58. The highest BCUT2D eigenvalue weighted by molar-refractivity contribution is 6.21. The Kier molecular flexibility index (Phi) is 5.24. The van der Waals surface area contributed by atoms with E-state index in [1.807, 2.05) is 37.4 Å². The van der Waals surface area contributed by atoms with E-state index in [9.17, 15) is 14.4 Å². The number of rotatable bonds is 4. The Hall–Kier alpha value is -3.15. The molecule has 0 N–H and O–H groups in total. The van der Waals surface area contributed by atoms with Crippen LogP contribution in [0.5, 0.6) is 0 Å². The third kappa shape index (κ3) is 3.57. The number of amides is 3. The highest BCUT2D eigenvalue weighted by atomic mass is 16.6. The van der Waals surface area contributed by atoms with Crippen LogP contribution in [0.15, 0.2) is 54.6 Å². The number of imide groups is 1. The number of benzene rings is 2. The number of fused-ring (bicyclic) bond motifs is 1. The van der Waals surface area contributed by atoms with E-state index in [4.69, 9.17) is 4.74 Å². The molecule has 0 aromatic heterocycles. The van der Waals surface area contributed by atoms with Gasteiger partial charge in [-0.2, -0.15) is 0 Å². The van der Waals surface area contributed by atoms with E-state index < -0.39 is 0 Å². The lowest BCUT2D eigenvalue weighted by Gasteiger charge is -2.54. The molecule has 0 radical (unpaired) electrons. The van der Waals surface area contributed by atoms with Crippen LogP contribution in [0.1, 0.15) is 64.8 Å². The summed E-state index contributed by atoms with van der Waals surface area (Å²) in [5.74, 6) is -0.305. The van der Waals surface area contributed by atoms with Crippen LogP contribution in [0.25, 0.3) is 0 Å². The Morgan fingerprint density at radius 2 is 1.53 bits per heavy atom. The molecular formula is C26H28N2O4. The number of carbonyl (C=O) groups is 3. The Bertz CT molecular complexity index is 1000. The van der Waals surface area contributed by atoms with Crippen molar-refractivity contribution in [1.29, 1.82) is 0 Å². The minimum Gasteiger partial charge on any atom is -0.445 e. The third-order valence-electron chi connectivity index (χ3n) is 7.58. The average Bonchev–Trinajstić information content (AvgIpc) is 3.06. The first kappa shape index (κ1) is 20.7. The van der Waals surface area contributed by atoms with Crippen LogP contribution in [0.4, 0.5) is 4.79 Å². The van der Waals surface area contributed by atoms with Crippen LogP contribution in [-0.2, 0) is 11.3 Å². The van der Waals surface area contributed by atoms with Gasteiger partial charge in [0.2, 0.25) is 0 Å². The Balaban J connectivity index is 1.12. The maximum Gasteiger partial charge on any atom is 0.410 e. The van der Waals surface area contributed by atoms with E-state index in [0.717, 1.165) is 44.1 Å². The summed E-state index contributed by atoms with van der Waals surface area (Å²) in [6.45, 7) is 0.280. The van der Waals surface area contributed by atoms with Gasteiger partial charge in [-0.1, -0.05) is 42.5 Å². The lowest BCUT2D eigenvalue weighted by Crippen LogP contribution is -2.55. The van der Waals surface area contributed by atoms with Crippen molar-refractivity contribution in [2.45, 2.75) is 57.2 Å². The number of hydrogen-bond donors (Lipinski definition) is 0. The number of ether oxygens (including phenoxy) is 1. The number of hydrogen-bond acceptors (Lipinski definition) is 4. The summed E-state index contributed by atoms with van der Waals surface area (Å²) in [6, 6.07) is 16.9. The summed E-state index contributed by atoms with van der Waals surface area (Å²) in [5, 5.41) is 0. The summed E-state index contributed by atoms with van der Waals surface area (Å²) in [7, 11) is 1.82. The van der Waals surface area contributed by atoms with Gasteiger partial charge in [0.05, 0.1) is 11.1 Å². The molecule has 1 aliphatic heterocycles. The van der Waals surface area contributed by atoms with Crippen molar-refractivity contribution >= 4 is 17.9 Å². The fourth-order valence-corrected chi connectivity index (χ4v) is 5.64. The monoisotopic (exact) mass is 432 g/mol. The average molecular weight is 433 g/mol. The van der Waals surface area contributed by atoms with Gasteiger partial charge in [0.25, 0.3) is 11.8 Å². The standard InChI is InChI=1S/C26H28N2O4/c1-27(25(31)32-17-18-7-3-2-4-8-18)19-11-13-26(14-12-19)15-20(16-26)28-23(29)21-9-5-6-10-22(21)24(28)30/h2-10,19-20H,11-17H2,1H3/t19-,20-,26?. The van der Waals surface area contributed by atoms with Crippen molar-refractivity contribution in [2.24, 2.45) is 5.41 Å². The molecule has 5 rings (SSSR count). The molecule has 2 aromatic carbocycles. The molecule has 6 heteroatoms. The van der Waals surface area contributed by atoms with Gasteiger partial charge >= 0.3 is 6.09 Å². The normalized spacial score (nSPS) is 26.6. The molecule has 2 aliphatic carbocycles. The maximum absolute atomic E-state index is 12.7. The van der Waals surface area contributed by atoms with Crippen LogP contribution >= 0.6 is 0 Å². The van der Waals surface area contributed by atoms with Crippen LogP contribution in [0.2, 0.25) is 0 Å². The molecule has 3 aliphatic rings. The topological polar surface area (TPSA) is 66.9 Å². The second kappa shape index (κ2) is 8.08. The van der Waals surface area contributed by atoms with Gasteiger partial charge in [0.15, 0.2) is 0 Å². The first-order valence-corrected chi connectivity index (χ1v) is 11.4. The van der Waals surface area contributed by atoms with E-state index in [1.54, 1.807) is 29.2 Å². The molecule has 0 atom stereocenters. The molecule has 3 amide bonds. The van der Waals surface area contributed by atoms with Crippen molar-refractivity contribution in [3.63, 3.8) is 0 Å². The van der Waals surface area contributed by atoms with Gasteiger partial charge in [-0.15, -0.1) is 0 Å². The van der Waals surface area contributed by atoms with E-state index in [2.05, 4.69) is 0 Å². The van der Waals surface area contributed by atoms with Gasteiger partial charge in [-0.25, -0.2) is 4.79 Å². The van der Waals surface area contributed by atoms with Crippen LogP contribution in [0.3, 0.4) is 0 Å². The molecule has 0 unspecified atom stereocenters. The molecule has 1 heterocycles. The number of nitrogens with zero attached hydrogens (tertiary/aromatic N) is 2. The molecular weight excluding hydrogens is 404 g/mol. The van der Waals surface area contributed by atoms with Crippen molar-refractivity contribution in [3.05, 3.63) is 71.3 Å². The second-order valence-corrected chi connectivity index (χ2v) is 9.47. The first-order chi connectivity index (χ1) is 15.5. The smallest absolute Gasteiger partial charge is 0.410 e. The lowest BCUT2D eigenvalue weighted by atomic mass is 9.57. The largest absolute Gasteiger partial charge is 0.445 e. The zero-order valence-corrected chi connectivity index (χ0v) is 18.3. The fraction of sp³-hybridized carbons (Fsp3) is 0.423. The first-order valence-electron chi connectivity index (χ1n) is 11.4.